The van der Waals surface area contributed by atoms with Crippen molar-refractivity contribution < 1.29 is 19.4 Å². The van der Waals surface area contributed by atoms with Crippen LogP contribution >= 0.6 is 0 Å². The van der Waals surface area contributed by atoms with Gasteiger partial charge in [0.25, 0.3) is 0 Å². The van der Waals surface area contributed by atoms with Crippen LogP contribution in [0.25, 0.3) is 0 Å². The number of hydrogen-bond acceptors (Lipinski definition) is 5. The fourth-order valence-corrected chi connectivity index (χ4v) is 3.29. The van der Waals surface area contributed by atoms with E-state index in [1.54, 1.807) is 6.07 Å². The molecular formula is C24H33NO4. The molecule has 0 aromatic heterocycles. The summed E-state index contributed by atoms with van der Waals surface area (Å²) in [4.78, 5) is 15.1. The second-order valence-electron chi connectivity index (χ2n) is 7.05. The summed E-state index contributed by atoms with van der Waals surface area (Å²) in [7, 11) is 0. The first-order valence-electron chi connectivity index (χ1n) is 10.5. The molecule has 5 heteroatoms. The predicted octanol–water partition coefficient (Wildman–Crippen LogP) is 4.68. The third-order valence-corrected chi connectivity index (χ3v) is 4.99. The number of esters is 1. The Bertz CT molecular complexity index is 744. The summed E-state index contributed by atoms with van der Waals surface area (Å²) in [5.74, 6) is 0.00533. The van der Waals surface area contributed by atoms with Crippen LogP contribution in [0.1, 0.15) is 49.5 Å². The van der Waals surface area contributed by atoms with E-state index in [9.17, 15) is 9.90 Å². The van der Waals surface area contributed by atoms with E-state index in [2.05, 4.69) is 37.8 Å². The van der Waals surface area contributed by atoms with Crippen LogP contribution in [0.3, 0.4) is 0 Å². The molecule has 0 fully saturated rings. The topological polar surface area (TPSA) is 59.0 Å². The second-order valence-corrected chi connectivity index (χ2v) is 7.05. The molecule has 0 aliphatic carbocycles. The molecule has 29 heavy (non-hydrogen) atoms. The van der Waals surface area contributed by atoms with E-state index in [4.69, 9.17) is 9.47 Å². The first-order chi connectivity index (χ1) is 14.1. The Hall–Kier alpha value is -2.53. The maximum Gasteiger partial charge on any atom is 0.341 e. The van der Waals surface area contributed by atoms with Gasteiger partial charge in [0.1, 0.15) is 23.7 Å². The Kier molecular flexibility index (Phi) is 9.51. The number of aromatic hydroxyl groups is 1. The number of hydrogen-bond donors (Lipinski definition) is 1. The lowest BCUT2D eigenvalue weighted by Gasteiger charge is -2.29. The molecule has 0 unspecified atom stereocenters. The van der Waals surface area contributed by atoms with Crippen LogP contribution in [0.4, 0.5) is 0 Å². The van der Waals surface area contributed by atoms with Crippen LogP contribution in [-0.2, 0) is 11.2 Å². The highest BCUT2D eigenvalue weighted by molar-refractivity contribution is 5.92. The normalized spacial score (nSPS) is 12.0. The molecule has 2 aromatic rings. The molecule has 1 atom stereocenters. The lowest BCUT2D eigenvalue weighted by atomic mass is 10.1. The standard InChI is InChI=1S/C24H33NO4/c1-4-7-15-28-23-17-21(26)13-14-22(23)24(27)29-18-20(25(5-2)6-3)16-19-11-9-8-10-12-19/h8-14,17,20,26H,4-7,15-16,18H2,1-3H3/t20-/m0/s1. The van der Waals surface area contributed by atoms with E-state index < -0.39 is 5.97 Å². The number of carbonyl (C=O) groups excluding carboxylic acids is 1. The third kappa shape index (κ3) is 7.09. The summed E-state index contributed by atoms with van der Waals surface area (Å²) in [6.45, 7) is 8.86. The zero-order valence-electron chi connectivity index (χ0n) is 17.8. The summed E-state index contributed by atoms with van der Waals surface area (Å²) in [5, 5.41) is 9.76. The average molecular weight is 400 g/mol. The van der Waals surface area contributed by atoms with Gasteiger partial charge in [0.2, 0.25) is 0 Å². The van der Waals surface area contributed by atoms with E-state index >= 15 is 0 Å². The third-order valence-electron chi connectivity index (χ3n) is 4.99. The van der Waals surface area contributed by atoms with Crippen molar-refractivity contribution in [3.8, 4) is 11.5 Å². The highest BCUT2D eigenvalue weighted by atomic mass is 16.5. The Morgan fingerprint density at radius 2 is 1.79 bits per heavy atom. The summed E-state index contributed by atoms with van der Waals surface area (Å²) in [6, 6.07) is 14.8. The number of rotatable bonds is 12. The van der Waals surface area contributed by atoms with Gasteiger partial charge in [0, 0.05) is 12.1 Å². The number of ether oxygens (including phenoxy) is 2. The van der Waals surface area contributed by atoms with Crippen LogP contribution in [0.15, 0.2) is 48.5 Å². The van der Waals surface area contributed by atoms with Gasteiger partial charge in [-0.2, -0.15) is 0 Å². The van der Waals surface area contributed by atoms with Crippen molar-refractivity contribution in [2.75, 3.05) is 26.3 Å². The van der Waals surface area contributed by atoms with E-state index in [-0.39, 0.29) is 11.8 Å². The van der Waals surface area contributed by atoms with Gasteiger partial charge in [-0.3, -0.25) is 4.90 Å². The number of phenols is 1. The summed E-state index contributed by atoms with van der Waals surface area (Å²) in [6.07, 6.45) is 2.68. The van der Waals surface area contributed by atoms with Crippen molar-refractivity contribution in [2.45, 2.75) is 46.1 Å². The molecule has 0 spiro atoms. The maximum absolute atomic E-state index is 12.8. The number of unbranched alkanes of at least 4 members (excludes halogenated alkanes) is 1. The van der Waals surface area contributed by atoms with Crippen molar-refractivity contribution >= 4 is 5.97 Å². The molecule has 0 saturated heterocycles. The van der Waals surface area contributed by atoms with Crippen LogP contribution in [-0.4, -0.2) is 48.3 Å². The van der Waals surface area contributed by atoms with Crippen LogP contribution in [0.2, 0.25) is 0 Å². The van der Waals surface area contributed by atoms with E-state index in [0.717, 1.165) is 32.4 Å². The first kappa shape index (κ1) is 22.8. The van der Waals surface area contributed by atoms with E-state index in [1.165, 1.54) is 17.7 Å². The summed E-state index contributed by atoms with van der Waals surface area (Å²) in [5.41, 5.74) is 1.56. The molecule has 2 aromatic carbocycles. The summed E-state index contributed by atoms with van der Waals surface area (Å²) < 4.78 is 11.4. The van der Waals surface area contributed by atoms with Crippen LogP contribution in [0, 0.1) is 0 Å². The molecule has 0 aliphatic rings. The number of carbonyl (C=O) groups is 1. The molecule has 0 aliphatic heterocycles. The van der Waals surface area contributed by atoms with Crippen molar-refractivity contribution in [2.24, 2.45) is 0 Å². The lowest BCUT2D eigenvalue weighted by Crippen LogP contribution is -2.40. The van der Waals surface area contributed by atoms with Gasteiger partial charge in [-0.15, -0.1) is 0 Å². The average Bonchev–Trinajstić information content (AvgIpc) is 2.73. The smallest absolute Gasteiger partial charge is 0.341 e. The molecule has 0 amide bonds. The van der Waals surface area contributed by atoms with Crippen molar-refractivity contribution in [3.05, 3.63) is 59.7 Å². The van der Waals surface area contributed by atoms with Crippen molar-refractivity contribution in [3.63, 3.8) is 0 Å². The zero-order chi connectivity index (χ0) is 21.1. The monoisotopic (exact) mass is 399 g/mol. The molecular weight excluding hydrogens is 366 g/mol. The minimum Gasteiger partial charge on any atom is -0.508 e. The quantitative estimate of drug-likeness (QED) is 0.415. The largest absolute Gasteiger partial charge is 0.508 e. The Labute approximate surface area is 174 Å². The Morgan fingerprint density at radius 3 is 2.45 bits per heavy atom. The van der Waals surface area contributed by atoms with Gasteiger partial charge >= 0.3 is 5.97 Å². The highest BCUT2D eigenvalue weighted by Gasteiger charge is 2.21. The molecule has 0 saturated carbocycles. The fourth-order valence-electron chi connectivity index (χ4n) is 3.29. The van der Waals surface area contributed by atoms with Gasteiger partial charge in [-0.1, -0.05) is 57.5 Å². The molecule has 0 bridgehead atoms. The highest BCUT2D eigenvalue weighted by Crippen LogP contribution is 2.25. The van der Waals surface area contributed by atoms with Crippen molar-refractivity contribution in [1.82, 2.24) is 4.90 Å². The van der Waals surface area contributed by atoms with Gasteiger partial charge in [0.15, 0.2) is 0 Å². The van der Waals surface area contributed by atoms with Gasteiger partial charge in [-0.05, 0) is 43.6 Å². The predicted molar refractivity (Wildman–Crippen MR) is 116 cm³/mol. The molecule has 1 N–H and O–H groups in total. The first-order valence-corrected chi connectivity index (χ1v) is 10.5. The zero-order valence-corrected chi connectivity index (χ0v) is 17.8. The van der Waals surface area contributed by atoms with Gasteiger partial charge in [0.05, 0.1) is 6.61 Å². The van der Waals surface area contributed by atoms with E-state index in [0.29, 0.717) is 24.5 Å². The summed E-state index contributed by atoms with van der Waals surface area (Å²) >= 11 is 0. The number of likely N-dealkylation sites (N-methyl/N-ethyl adjacent to an activating group) is 1. The number of benzene rings is 2. The SMILES string of the molecule is CCCCOc1cc(O)ccc1C(=O)OC[C@H](Cc1ccccc1)N(CC)CC. The molecule has 2 rings (SSSR count). The lowest BCUT2D eigenvalue weighted by molar-refractivity contribution is 0.0356. The Morgan fingerprint density at radius 1 is 1.07 bits per heavy atom. The number of nitrogens with zero attached hydrogens (tertiary/aromatic N) is 1. The molecule has 5 nitrogen and oxygen atoms in total. The van der Waals surface area contributed by atoms with Gasteiger partial charge in [-0.25, -0.2) is 4.79 Å². The van der Waals surface area contributed by atoms with Crippen LogP contribution in [0.5, 0.6) is 11.5 Å². The molecule has 0 radical (unpaired) electrons. The minimum atomic E-state index is -0.429. The van der Waals surface area contributed by atoms with E-state index in [1.807, 2.05) is 18.2 Å². The molecule has 0 heterocycles. The van der Waals surface area contributed by atoms with Crippen molar-refractivity contribution in [1.29, 1.82) is 0 Å². The van der Waals surface area contributed by atoms with Gasteiger partial charge < -0.3 is 14.6 Å². The maximum atomic E-state index is 12.8. The van der Waals surface area contributed by atoms with Crippen LogP contribution < -0.4 is 4.74 Å². The minimum absolute atomic E-state index is 0.0677. The number of phenolic OH excluding ortho intramolecular Hbond substituents is 1. The Balaban J connectivity index is 2.09. The second kappa shape index (κ2) is 12.1. The molecule has 158 valence electrons. The fraction of sp³-hybridized carbons (Fsp3) is 0.458.